The zero-order valence-electron chi connectivity index (χ0n) is 15.3. The summed E-state index contributed by atoms with van der Waals surface area (Å²) >= 11 is 1.16. The molecule has 0 amide bonds. The van der Waals surface area contributed by atoms with Gasteiger partial charge >= 0.3 is 0 Å². The van der Waals surface area contributed by atoms with Gasteiger partial charge < -0.3 is 24.6 Å². The standard InChI is InChI=1S/C19H25N3O4S/c1-13(14-2-4-15(5-3-14)22-6-8-25-9-7-22)18(11-20)27-21-17-10-16(23)12-26-19(17)24/h2-5,16-17,19,21,23-24H,6-10,12H2,1H3/b18-13+. The first kappa shape index (κ1) is 20.1. The summed E-state index contributed by atoms with van der Waals surface area (Å²) in [6.45, 7) is 5.28. The molecule has 0 aromatic heterocycles. The van der Waals surface area contributed by atoms with Gasteiger partial charge in [-0.05, 0) is 48.6 Å². The van der Waals surface area contributed by atoms with Crippen molar-refractivity contribution in [3.05, 3.63) is 34.7 Å². The molecule has 3 rings (SSSR count). The number of nitrogens with one attached hydrogen (secondary N) is 1. The van der Waals surface area contributed by atoms with E-state index in [1.54, 1.807) is 0 Å². The minimum atomic E-state index is -0.992. The molecule has 3 unspecified atom stereocenters. The van der Waals surface area contributed by atoms with Gasteiger partial charge in [-0.3, -0.25) is 4.72 Å². The number of anilines is 1. The topological polar surface area (TPSA) is 98.0 Å². The molecule has 1 aromatic carbocycles. The zero-order valence-corrected chi connectivity index (χ0v) is 16.1. The predicted octanol–water partition coefficient (Wildman–Crippen LogP) is 1.48. The van der Waals surface area contributed by atoms with Crippen LogP contribution in [0.25, 0.3) is 5.57 Å². The van der Waals surface area contributed by atoms with Crippen LogP contribution in [-0.4, -0.2) is 61.6 Å². The molecule has 2 aliphatic rings. The minimum Gasteiger partial charge on any atom is -0.391 e. The summed E-state index contributed by atoms with van der Waals surface area (Å²) in [4.78, 5) is 2.80. The highest BCUT2D eigenvalue weighted by molar-refractivity contribution is 8.01. The Labute approximate surface area is 163 Å². The number of aliphatic hydroxyl groups excluding tert-OH is 2. The van der Waals surface area contributed by atoms with E-state index in [1.165, 1.54) is 0 Å². The van der Waals surface area contributed by atoms with Crippen LogP contribution in [-0.2, 0) is 9.47 Å². The van der Waals surface area contributed by atoms with Crippen LogP contribution in [0.1, 0.15) is 18.9 Å². The molecule has 2 aliphatic heterocycles. The number of nitrogens with zero attached hydrogens (tertiary/aromatic N) is 2. The van der Waals surface area contributed by atoms with Gasteiger partial charge in [0.05, 0.1) is 32.0 Å². The molecule has 2 saturated heterocycles. The molecule has 8 heteroatoms. The van der Waals surface area contributed by atoms with Crippen LogP contribution in [0.2, 0.25) is 0 Å². The highest BCUT2D eigenvalue weighted by Gasteiger charge is 2.29. The Hall–Kier alpha value is -1.60. The van der Waals surface area contributed by atoms with Gasteiger partial charge in [0.2, 0.25) is 0 Å². The molecule has 146 valence electrons. The fraction of sp³-hybridized carbons (Fsp3) is 0.526. The summed E-state index contributed by atoms with van der Waals surface area (Å²) in [7, 11) is 0. The summed E-state index contributed by atoms with van der Waals surface area (Å²) < 4.78 is 13.5. The van der Waals surface area contributed by atoms with Crippen LogP contribution in [0.3, 0.4) is 0 Å². The number of ether oxygens (including phenoxy) is 2. The SMILES string of the molecule is C/C(=C(/C#N)SNC1CC(O)COC1O)c1ccc(N2CCOCC2)cc1. The maximum Gasteiger partial charge on any atom is 0.171 e. The molecule has 27 heavy (non-hydrogen) atoms. The summed E-state index contributed by atoms with van der Waals surface area (Å²) in [5.74, 6) is 0. The monoisotopic (exact) mass is 391 g/mol. The summed E-state index contributed by atoms with van der Waals surface area (Å²) in [5.41, 5.74) is 2.98. The molecule has 1 aromatic rings. The number of morpholine rings is 1. The summed E-state index contributed by atoms with van der Waals surface area (Å²) in [5, 5.41) is 29.1. The van der Waals surface area contributed by atoms with Crippen molar-refractivity contribution >= 4 is 23.2 Å². The van der Waals surface area contributed by atoms with Gasteiger partial charge in [0.1, 0.15) is 11.0 Å². The van der Waals surface area contributed by atoms with E-state index >= 15 is 0 Å². The third kappa shape index (κ3) is 5.23. The Bertz CT molecular complexity index is 698. The fourth-order valence-corrected chi connectivity index (χ4v) is 3.90. The molecular weight excluding hydrogens is 366 g/mol. The number of benzene rings is 1. The normalized spacial score (nSPS) is 27.0. The first-order chi connectivity index (χ1) is 13.1. The first-order valence-corrected chi connectivity index (χ1v) is 9.84. The third-order valence-electron chi connectivity index (χ3n) is 4.76. The second-order valence-corrected chi connectivity index (χ2v) is 7.50. The van der Waals surface area contributed by atoms with Crippen molar-refractivity contribution in [1.29, 1.82) is 5.26 Å². The van der Waals surface area contributed by atoms with Crippen LogP contribution >= 0.6 is 11.9 Å². The lowest BCUT2D eigenvalue weighted by Crippen LogP contribution is -2.46. The maximum atomic E-state index is 9.86. The van der Waals surface area contributed by atoms with Crippen LogP contribution in [0.4, 0.5) is 5.69 Å². The van der Waals surface area contributed by atoms with Gasteiger partial charge in [-0.2, -0.15) is 5.26 Å². The number of rotatable bonds is 5. The highest BCUT2D eigenvalue weighted by Crippen LogP contribution is 2.28. The number of hydrogen-bond acceptors (Lipinski definition) is 8. The van der Waals surface area contributed by atoms with Gasteiger partial charge in [-0.25, -0.2) is 0 Å². The lowest BCUT2D eigenvalue weighted by Gasteiger charge is -2.31. The molecule has 0 spiro atoms. The molecule has 3 atom stereocenters. The van der Waals surface area contributed by atoms with Gasteiger partial charge in [0, 0.05) is 18.8 Å². The van der Waals surface area contributed by atoms with E-state index in [4.69, 9.17) is 9.47 Å². The lowest BCUT2D eigenvalue weighted by molar-refractivity contribution is -0.168. The van der Waals surface area contributed by atoms with Crippen LogP contribution in [0, 0.1) is 11.3 Å². The number of aliphatic hydroxyl groups is 2. The number of allylic oxidation sites excluding steroid dienone is 2. The largest absolute Gasteiger partial charge is 0.391 e. The quantitative estimate of drug-likeness (QED) is 0.513. The fourth-order valence-electron chi connectivity index (χ4n) is 3.10. The number of nitriles is 1. The molecule has 2 heterocycles. The van der Waals surface area contributed by atoms with E-state index in [2.05, 4.69) is 27.8 Å². The Morgan fingerprint density at radius 3 is 2.63 bits per heavy atom. The van der Waals surface area contributed by atoms with Crippen molar-refractivity contribution in [3.63, 3.8) is 0 Å². The molecule has 2 fully saturated rings. The molecule has 3 N–H and O–H groups in total. The molecule has 0 bridgehead atoms. The molecule has 0 radical (unpaired) electrons. The van der Waals surface area contributed by atoms with Crippen molar-refractivity contribution in [2.75, 3.05) is 37.8 Å². The molecule has 0 saturated carbocycles. The van der Waals surface area contributed by atoms with Crippen LogP contribution in [0.15, 0.2) is 29.2 Å². The van der Waals surface area contributed by atoms with Crippen molar-refractivity contribution in [2.45, 2.75) is 31.8 Å². The average Bonchev–Trinajstić information content (AvgIpc) is 2.71. The molecular formula is C19H25N3O4S. The second-order valence-electron chi connectivity index (χ2n) is 6.65. The Balaban J connectivity index is 1.66. The first-order valence-electron chi connectivity index (χ1n) is 9.02. The van der Waals surface area contributed by atoms with Crippen molar-refractivity contribution < 1.29 is 19.7 Å². The Morgan fingerprint density at radius 2 is 1.96 bits per heavy atom. The van der Waals surface area contributed by atoms with Gasteiger partial charge in [-0.1, -0.05) is 12.1 Å². The smallest absolute Gasteiger partial charge is 0.171 e. The Morgan fingerprint density at radius 1 is 1.26 bits per heavy atom. The maximum absolute atomic E-state index is 9.86. The lowest BCUT2D eigenvalue weighted by atomic mass is 10.1. The number of hydrogen-bond donors (Lipinski definition) is 3. The predicted molar refractivity (Wildman–Crippen MR) is 105 cm³/mol. The van der Waals surface area contributed by atoms with Crippen molar-refractivity contribution in [2.24, 2.45) is 0 Å². The van der Waals surface area contributed by atoms with E-state index in [9.17, 15) is 15.5 Å². The van der Waals surface area contributed by atoms with Crippen molar-refractivity contribution in [1.82, 2.24) is 4.72 Å². The van der Waals surface area contributed by atoms with Crippen LogP contribution < -0.4 is 9.62 Å². The van der Waals surface area contributed by atoms with Gasteiger partial charge in [-0.15, -0.1) is 0 Å². The van der Waals surface area contributed by atoms with Crippen LogP contribution in [0.5, 0.6) is 0 Å². The Kier molecular flexibility index (Phi) is 7.13. The zero-order chi connectivity index (χ0) is 19.2. The van der Waals surface area contributed by atoms with Crippen molar-refractivity contribution in [3.8, 4) is 6.07 Å². The molecule has 0 aliphatic carbocycles. The van der Waals surface area contributed by atoms with E-state index in [0.717, 1.165) is 55.1 Å². The van der Waals surface area contributed by atoms with E-state index in [1.807, 2.05) is 19.1 Å². The highest BCUT2D eigenvalue weighted by atomic mass is 32.2. The summed E-state index contributed by atoms with van der Waals surface area (Å²) in [6, 6.07) is 9.93. The van der Waals surface area contributed by atoms with E-state index in [-0.39, 0.29) is 6.61 Å². The average molecular weight is 391 g/mol. The van der Waals surface area contributed by atoms with E-state index < -0.39 is 18.4 Å². The molecule has 7 nitrogen and oxygen atoms in total. The van der Waals surface area contributed by atoms with Gasteiger partial charge in [0.15, 0.2) is 6.29 Å². The van der Waals surface area contributed by atoms with E-state index in [0.29, 0.717) is 11.3 Å². The summed E-state index contributed by atoms with van der Waals surface area (Å²) in [6.07, 6.45) is -1.23. The van der Waals surface area contributed by atoms with Gasteiger partial charge in [0.25, 0.3) is 0 Å². The third-order valence-corrected chi connectivity index (χ3v) is 5.78. The minimum absolute atomic E-state index is 0.124. The second kappa shape index (κ2) is 9.55.